The number of benzene rings is 3. The second kappa shape index (κ2) is 9.31. The molecule has 1 fully saturated rings. The Morgan fingerprint density at radius 2 is 1.57 bits per heavy atom. The second-order valence-electron chi connectivity index (χ2n) is 7.87. The van der Waals surface area contributed by atoms with Crippen molar-refractivity contribution >= 4 is 60.9 Å². The van der Waals surface area contributed by atoms with Gasteiger partial charge in [-0.15, -0.1) is 0 Å². The number of nitrogens with one attached hydrogen (secondary N) is 1. The van der Waals surface area contributed by atoms with E-state index in [-0.39, 0.29) is 6.54 Å². The summed E-state index contributed by atoms with van der Waals surface area (Å²) >= 11 is 16.3. The molecule has 1 aliphatic rings. The standard InChI is InChI=1S/C24H17BrCl2N4O3S/c25-16-6-4-15(5-7-16)12-22-28-21(24-19(26)2-1-3-20(24)27)13-30(22)17-8-10-18(11-9-17)31-14-23(32)29-35(31,33)34/h1-11,13H,12,14H2,(H,29,32). The fourth-order valence-electron chi connectivity index (χ4n) is 3.87. The molecule has 0 bridgehead atoms. The zero-order valence-electron chi connectivity index (χ0n) is 18.0. The zero-order chi connectivity index (χ0) is 24.7. The average molecular weight is 592 g/mol. The topological polar surface area (TPSA) is 84.3 Å². The van der Waals surface area contributed by atoms with E-state index in [2.05, 4.69) is 15.9 Å². The highest BCUT2D eigenvalue weighted by Crippen LogP contribution is 2.35. The van der Waals surface area contributed by atoms with Crippen molar-refractivity contribution in [2.45, 2.75) is 6.42 Å². The quantitative estimate of drug-likeness (QED) is 0.338. The SMILES string of the molecule is O=C1CN(c2ccc(-n3cc(-c4c(Cl)cccc4Cl)nc3Cc3ccc(Br)cc3)cc2)S(=O)(=O)N1. The molecular weight excluding hydrogens is 575 g/mol. The minimum atomic E-state index is -3.88. The number of halogens is 3. The Hall–Kier alpha value is -2.85. The molecule has 11 heteroatoms. The summed E-state index contributed by atoms with van der Waals surface area (Å²) in [4.78, 5) is 16.4. The minimum absolute atomic E-state index is 0.253. The molecule has 4 aromatic rings. The van der Waals surface area contributed by atoms with Gasteiger partial charge in [0.2, 0.25) is 0 Å². The number of carbonyl (C=O) groups is 1. The Morgan fingerprint density at radius 3 is 2.17 bits per heavy atom. The molecule has 1 aromatic heterocycles. The van der Waals surface area contributed by atoms with E-state index < -0.39 is 16.1 Å². The largest absolute Gasteiger partial charge is 0.326 e. The van der Waals surface area contributed by atoms with E-state index in [0.29, 0.717) is 33.4 Å². The van der Waals surface area contributed by atoms with Crippen LogP contribution in [0.2, 0.25) is 10.0 Å². The average Bonchev–Trinajstić information content (AvgIpc) is 3.34. The maximum atomic E-state index is 12.2. The van der Waals surface area contributed by atoms with Crippen LogP contribution in [-0.4, -0.2) is 30.4 Å². The lowest BCUT2D eigenvalue weighted by Crippen LogP contribution is -2.29. The van der Waals surface area contributed by atoms with Crippen LogP contribution in [0, 0.1) is 0 Å². The van der Waals surface area contributed by atoms with Crippen LogP contribution in [0.5, 0.6) is 0 Å². The van der Waals surface area contributed by atoms with Crippen LogP contribution in [0.3, 0.4) is 0 Å². The van der Waals surface area contributed by atoms with Crippen LogP contribution in [-0.2, 0) is 21.4 Å². The Morgan fingerprint density at radius 1 is 0.943 bits per heavy atom. The van der Waals surface area contributed by atoms with Gasteiger partial charge in [-0.2, -0.15) is 8.42 Å². The second-order valence-corrected chi connectivity index (χ2v) is 11.2. The molecule has 0 spiro atoms. The molecule has 178 valence electrons. The Bertz CT molecular complexity index is 1520. The smallest absolute Gasteiger partial charge is 0.303 e. The van der Waals surface area contributed by atoms with Crippen LogP contribution in [0.25, 0.3) is 16.9 Å². The fraction of sp³-hybridized carbons (Fsp3) is 0.0833. The van der Waals surface area contributed by atoms with Crippen molar-refractivity contribution in [1.82, 2.24) is 14.3 Å². The Labute approximate surface area is 220 Å². The molecule has 0 atom stereocenters. The van der Waals surface area contributed by atoms with E-state index in [1.165, 1.54) is 0 Å². The van der Waals surface area contributed by atoms with E-state index in [9.17, 15) is 13.2 Å². The third kappa shape index (κ3) is 4.81. The third-order valence-electron chi connectivity index (χ3n) is 5.51. The number of rotatable bonds is 5. The highest BCUT2D eigenvalue weighted by atomic mass is 79.9. The van der Waals surface area contributed by atoms with Gasteiger partial charge in [0.15, 0.2) is 0 Å². The third-order valence-corrected chi connectivity index (χ3v) is 8.07. The maximum Gasteiger partial charge on any atom is 0.326 e. The Kier molecular flexibility index (Phi) is 6.35. The number of amides is 1. The van der Waals surface area contributed by atoms with E-state index in [4.69, 9.17) is 28.2 Å². The van der Waals surface area contributed by atoms with Crippen molar-refractivity contribution < 1.29 is 13.2 Å². The monoisotopic (exact) mass is 590 g/mol. The Balaban J connectivity index is 1.57. The zero-order valence-corrected chi connectivity index (χ0v) is 21.9. The molecule has 0 aliphatic carbocycles. The normalized spacial score (nSPS) is 14.8. The molecule has 0 saturated carbocycles. The molecule has 7 nitrogen and oxygen atoms in total. The molecular formula is C24H17BrCl2N4O3S. The van der Waals surface area contributed by atoms with Crippen LogP contribution in [0.15, 0.2) is 77.4 Å². The van der Waals surface area contributed by atoms with Gasteiger partial charge in [0, 0.05) is 28.3 Å². The van der Waals surface area contributed by atoms with Gasteiger partial charge in [-0.3, -0.25) is 4.79 Å². The molecule has 1 amide bonds. The first-order chi connectivity index (χ1) is 16.7. The number of hydrogen-bond acceptors (Lipinski definition) is 4. The van der Waals surface area contributed by atoms with Crippen LogP contribution in [0.4, 0.5) is 5.69 Å². The molecule has 1 aliphatic heterocycles. The number of nitrogens with zero attached hydrogens (tertiary/aromatic N) is 3. The predicted molar refractivity (Wildman–Crippen MR) is 140 cm³/mol. The van der Waals surface area contributed by atoms with Gasteiger partial charge in [-0.1, -0.05) is 57.3 Å². The summed E-state index contributed by atoms with van der Waals surface area (Å²) in [5.41, 5.74) is 3.46. The molecule has 1 N–H and O–H groups in total. The molecule has 3 aromatic carbocycles. The maximum absolute atomic E-state index is 12.2. The van der Waals surface area contributed by atoms with E-state index in [1.54, 1.807) is 42.5 Å². The lowest BCUT2D eigenvalue weighted by Gasteiger charge is -2.15. The van der Waals surface area contributed by atoms with Gasteiger partial charge >= 0.3 is 10.2 Å². The molecule has 2 heterocycles. The first-order valence-electron chi connectivity index (χ1n) is 10.4. The molecule has 1 saturated heterocycles. The first-order valence-corrected chi connectivity index (χ1v) is 13.4. The summed E-state index contributed by atoms with van der Waals surface area (Å²) in [5.74, 6) is 0.179. The van der Waals surface area contributed by atoms with Crippen LogP contribution < -0.4 is 9.03 Å². The van der Waals surface area contributed by atoms with Crippen molar-refractivity contribution in [2.75, 3.05) is 10.8 Å². The number of aromatic nitrogens is 2. The summed E-state index contributed by atoms with van der Waals surface area (Å²) in [6.45, 7) is -0.253. The summed E-state index contributed by atoms with van der Waals surface area (Å²) in [6, 6.07) is 20.1. The predicted octanol–water partition coefficient (Wildman–Crippen LogP) is 5.38. The number of anilines is 1. The lowest BCUT2D eigenvalue weighted by atomic mass is 10.1. The summed E-state index contributed by atoms with van der Waals surface area (Å²) in [7, 11) is -3.88. The van der Waals surface area contributed by atoms with Crippen molar-refractivity contribution in [1.29, 1.82) is 0 Å². The fourth-order valence-corrected chi connectivity index (χ4v) is 5.88. The van der Waals surface area contributed by atoms with Gasteiger partial charge in [0.05, 0.1) is 21.4 Å². The van der Waals surface area contributed by atoms with Gasteiger partial charge in [-0.05, 0) is 54.1 Å². The van der Waals surface area contributed by atoms with Crippen molar-refractivity contribution in [2.24, 2.45) is 0 Å². The summed E-state index contributed by atoms with van der Waals surface area (Å²) in [5, 5.41) is 0.980. The van der Waals surface area contributed by atoms with Crippen molar-refractivity contribution in [3.05, 3.63) is 98.8 Å². The van der Waals surface area contributed by atoms with Crippen molar-refractivity contribution in [3.8, 4) is 16.9 Å². The van der Waals surface area contributed by atoms with E-state index in [0.717, 1.165) is 25.9 Å². The summed E-state index contributed by atoms with van der Waals surface area (Å²) in [6.07, 6.45) is 2.39. The number of imidazole rings is 1. The van der Waals surface area contributed by atoms with Gasteiger partial charge in [-0.25, -0.2) is 14.0 Å². The van der Waals surface area contributed by atoms with Crippen LogP contribution >= 0.6 is 39.1 Å². The first kappa shape index (κ1) is 23.9. The number of hydrogen-bond donors (Lipinski definition) is 1. The summed E-state index contributed by atoms with van der Waals surface area (Å²) < 4.78 is 30.3. The van der Waals surface area contributed by atoms with E-state index >= 15 is 0 Å². The van der Waals surface area contributed by atoms with Gasteiger partial charge in [0.1, 0.15) is 12.4 Å². The molecule has 0 unspecified atom stereocenters. The molecule has 35 heavy (non-hydrogen) atoms. The highest BCUT2D eigenvalue weighted by molar-refractivity contribution is 9.10. The van der Waals surface area contributed by atoms with Crippen molar-refractivity contribution in [3.63, 3.8) is 0 Å². The molecule has 0 radical (unpaired) electrons. The van der Waals surface area contributed by atoms with Gasteiger partial charge in [0.25, 0.3) is 5.91 Å². The van der Waals surface area contributed by atoms with Crippen LogP contribution in [0.1, 0.15) is 11.4 Å². The highest BCUT2D eigenvalue weighted by Gasteiger charge is 2.33. The minimum Gasteiger partial charge on any atom is -0.303 e. The lowest BCUT2D eigenvalue weighted by molar-refractivity contribution is -0.117. The number of carbonyl (C=O) groups excluding carboxylic acids is 1. The van der Waals surface area contributed by atoms with E-state index in [1.807, 2.05) is 39.8 Å². The molecule has 5 rings (SSSR count). The van der Waals surface area contributed by atoms with Gasteiger partial charge < -0.3 is 4.57 Å².